The first-order valence-corrected chi connectivity index (χ1v) is 45.6. The van der Waals surface area contributed by atoms with Crippen LogP contribution >= 0.6 is 11.8 Å². The topological polar surface area (TPSA) is 556 Å². The highest BCUT2D eigenvalue weighted by molar-refractivity contribution is 8.00. The Morgan fingerprint density at radius 1 is 0.581 bits per heavy atom. The number of hydrogen-bond acceptors (Lipinski definition) is 23. The summed E-state index contributed by atoms with van der Waals surface area (Å²) in [5.41, 5.74) is 7.21. The number of nitrogens with zero attached hydrogens (tertiary/aromatic N) is 5. The van der Waals surface area contributed by atoms with Gasteiger partial charge in [0.2, 0.25) is 88.6 Å². The summed E-state index contributed by atoms with van der Waals surface area (Å²) in [6, 6.07) is 5.06. The van der Waals surface area contributed by atoms with Crippen LogP contribution in [0, 0.1) is 29.3 Å². The molecule has 3 fully saturated rings. The van der Waals surface area contributed by atoms with Crippen LogP contribution in [-0.4, -0.2) is 308 Å². The fourth-order valence-electron chi connectivity index (χ4n) is 16.2. The first-order chi connectivity index (χ1) is 64.6. The fraction of sp³-hybridized carbons (Fsp3) is 0.473. The molecule has 39 nitrogen and oxygen atoms in total. The zero-order valence-electron chi connectivity index (χ0n) is 76.4. The number of benzene rings is 5. The summed E-state index contributed by atoms with van der Waals surface area (Å²) in [6.07, 6.45) is -4.05. The van der Waals surface area contributed by atoms with Crippen molar-refractivity contribution in [2.45, 2.75) is 196 Å². The second-order valence-electron chi connectivity index (χ2n) is 34.5. The van der Waals surface area contributed by atoms with Gasteiger partial charge in [-0.05, 0) is 101 Å². The maximum Gasteiger partial charge on any atom is 0.303 e. The molecule has 136 heavy (non-hydrogen) atoms. The summed E-state index contributed by atoms with van der Waals surface area (Å²) in [4.78, 5) is 257. The van der Waals surface area contributed by atoms with Crippen LogP contribution in [0.25, 0.3) is 10.9 Å². The van der Waals surface area contributed by atoms with Crippen molar-refractivity contribution in [3.63, 3.8) is 0 Å². The van der Waals surface area contributed by atoms with Crippen molar-refractivity contribution in [2.24, 2.45) is 17.6 Å². The van der Waals surface area contributed by atoms with Crippen LogP contribution in [0.2, 0.25) is 0 Å². The largest absolute Gasteiger partial charge is 0.508 e. The van der Waals surface area contributed by atoms with Gasteiger partial charge in [0.05, 0.1) is 31.6 Å². The van der Waals surface area contributed by atoms with Gasteiger partial charge in [0, 0.05) is 102 Å². The number of aliphatic carboxylic acids is 1. The lowest BCUT2D eigenvalue weighted by atomic mass is 9.98. The third kappa shape index (κ3) is 29.4. The predicted molar refractivity (Wildman–Crippen MR) is 486 cm³/mol. The number of amides is 15. The number of aliphatic hydroxyl groups excluding tert-OH is 1. The second-order valence-corrected chi connectivity index (χ2v) is 35.6. The molecule has 14 atom stereocenters. The maximum absolute atomic E-state index is 15.9. The molecule has 43 heteroatoms. The summed E-state index contributed by atoms with van der Waals surface area (Å²) in [5.74, 6) is -25.8. The number of aromatic nitrogens is 1. The Hall–Kier alpha value is -13.7. The number of phenols is 2. The number of aromatic amines is 1. The average Bonchev–Trinajstić information content (AvgIpc) is 1.57. The minimum absolute atomic E-state index is 0.0521. The average molecular weight is 1920 g/mol. The van der Waals surface area contributed by atoms with Crippen LogP contribution in [0.3, 0.4) is 0 Å². The van der Waals surface area contributed by atoms with Gasteiger partial charge in [-0.25, -0.2) is 13.2 Å². The molecule has 3 saturated heterocycles. The summed E-state index contributed by atoms with van der Waals surface area (Å²) in [6.45, 7) is 4.78. The predicted octanol–water partition coefficient (Wildman–Crippen LogP) is 0.337. The number of carbonyl (C=O) groups excluding carboxylic acids is 16. The maximum atomic E-state index is 15.9. The Morgan fingerprint density at radius 2 is 1.12 bits per heavy atom. The normalized spacial score (nSPS) is 23.9. The molecule has 0 aliphatic carbocycles. The lowest BCUT2D eigenvalue weighted by molar-refractivity contribution is -0.153. The Kier molecular flexibility index (Phi) is 39.0. The van der Waals surface area contributed by atoms with E-state index in [2.05, 4.69) is 52.8 Å². The monoisotopic (exact) mass is 1910 g/mol. The smallest absolute Gasteiger partial charge is 0.303 e. The Morgan fingerprint density at radius 3 is 1.74 bits per heavy atom. The van der Waals surface area contributed by atoms with Gasteiger partial charge >= 0.3 is 5.97 Å². The van der Waals surface area contributed by atoms with Crippen LogP contribution in [0.15, 0.2) is 121 Å². The molecule has 16 N–H and O–H groups in total. The zero-order chi connectivity index (χ0) is 99.5. The molecular weight excluding hydrogens is 1800 g/mol. The number of morpholine rings is 1. The lowest BCUT2D eigenvalue weighted by Gasteiger charge is -2.38. The number of carboxylic acid groups (broad SMARTS) is 1. The molecule has 6 aromatic rings. The van der Waals surface area contributed by atoms with E-state index in [4.69, 9.17) is 15.2 Å². The van der Waals surface area contributed by atoms with Gasteiger partial charge in [-0.2, -0.15) is 0 Å². The summed E-state index contributed by atoms with van der Waals surface area (Å²) in [7, 11) is 3.38. The molecule has 3 aliphatic rings. The molecule has 0 saturated carbocycles. The minimum Gasteiger partial charge on any atom is -0.508 e. The second kappa shape index (κ2) is 50.0. The number of nitrogens with one attached hydrogen (secondary N) is 10. The highest BCUT2D eigenvalue weighted by Crippen LogP contribution is 2.28. The summed E-state index contributed by atoms with van der Waals surface area (Å²) in [5, 5.41) is 66.4. The van der Waals surface area contributed by atoms with E-state index in [0.717, 1.165) is 33.7 Å². The van der Waals surface area contributed by atoms with Gasteiger partial charge in [0.25, 0.3) is 6.47 Å². The number of unbranched alkanes of at least 4 members (excludes halogenated alkanes) is 1. The van der Waals surface area contributed by atoms with Crippen molar-refractivity contribution in [3.05, 3.63) is 167 Å². The molecule has 15 amide bonds. The minimum atomic E-state index is -2.00. The van der Waals surface area contributed by atoms with E-state index in [1.165, 1.54) is 69.4 Å². The SMILES string of the molecule is CCCC[C@H]1C(=O)N2C[C@H](O)C[C@@H]2C(=O)N[C@@H](COC=O)C(=O)N[C@@H](C(C)C)C(=O)N(C)[C@@H](Cc2ccccc2)C(=O)N[C@@H](Cc2ccc(O)cc2)C(=O)N2CCOC[C@@H]2C(=O)N[C@@H](Cc2c[nH]c3ccccc23)C(=O)N[C@@H](Cc2ccc(O)cc2)C(=O)N[C@@H](CC(C)C)C(=O)N[C@H](C(=O)NCC(N)=O)CSCC(=O)N[C@@H](Cc2cc(F)c(F)c(F)c2)C(=O)N(C)[C@@H](CCC(=O)O)C(=O)N1C. The third-order valence-electron chi connectivity index (χ3n) is 23.6. The van der Waals surface area contributed by atoms with E-state index >= 15 is 56.7 Å². The lowest BCUT2D eigenvalue weighted by Crippen LogP contribution is -2.64. The number of para-hydroxylation sites is 1. The number of nitrogens with two attached hydrogens (primary N) is 1. The number of carboxylic acids is 1. The van der Waals surface area contributed by atoms with Gasteiger partial charge in [-0.15, -0.1) is 11.8 Å². The van der Waals surface area contributed by atoms with Gasteiger partial charge in [-0.1, -0.05) is 120 Å². The zero-order valence-corrected chi connectivity index (χ0v) is 77.2. The number of halogens is 3. The van der Waals surface area contributed by atoms with E-state index in [-0.39, 0.29) is 76.1 Å². The van der Waals surface area contributed by atoms with Crippen molar-refractivity contribution >= 4 is 124 Å². The van der Waals surface area contributed by atoms with E-state index in [9.17, 15) is 58.4 Å². The molecule has 0 bridgehead atoms. The van der Waals surface area contributed by atoms with Crippen molar-refractivity contribution in [1.29, 1.82) is 0 Å². The number of aromatic hydroxyl groups is 2. The first kappa shape index (κ1) is 106. The Balaban J connectivity index is 1.15. The molecule has 0 radical (unpaired) electrons. The van der Waals surface area contributed by atoms with Crippen molar-refractivity contribution in [2.75, 3.05) is 72.1 Å². The molecule has 4 heterocycles. The Labute approximate surface area is 786 Å². The number of likely N-dealkylation sites (N-methyl/N-ethyl adjacent to an activating group) is 3. The molecule has 1 aromatic heterocycles. The molecule has 734 valence electrons. The molecule has 3 aliphatic heterocycles. The van der Waals surface area contributed by atoms with Crippen LogP contribution < -0.4 is 53.6 Å². The standard InChI is InChI=1S/C93H117F3N16O23S/c1-9-10-20-71-92(132)112-44-59(116)41-74(112)87(127)105-69(45-135-49-113)85(125)107-80(51(4)5)93(133)110(8)73(39-52-16-12-11-13-17-52)86(126)104-68(37-54-23-27-58(115)28-24-54)90(130)111-31-32-134-46-75(111)88(128)103-66(40-56-42-98-63-19-15-14-18-60(56)63)84(124)102-65(36-53-21-25-57(114)26-22-53)83(123)101-64(33-50(2)3)82(122)106-70(81(121)99-43-76(97)117)47-136-48-77(118)100-67(38-55-34-61(94)79(96)62(95)35-55)89(129)108(6)72(29-30-78(119)120)91(131)109(71)7/h11-19,21-28,34-35,42,49-51,59,64-75,80,98,114-116H,9-10,20,29-33,36-41,43-48H2,1-8H3,(H2,97,117)(H,99,121)(H,100,118)(H,101,123)(H,102,124)(H,103,128)(H,104,126)(H,105,127)(H,106,122)(H,107,125)(H,119,120)/t59-,64+,65+,66+,67+,68+,69+,70+,71+,72+,73+,74-,75-,80+/m1/s1. The van der Waals surface area contributed by atoms with Gasteiger partial charge in [0.1, 0.15) is 96.6 Å². The fourth-order valence-corrected chi connectivity index (χ4v) is 17.1. The third-order valence-corrected chi connectivity index (χ3v) is 24.6. The summed E-state index contributed by atoms with van der Waals surface area (Å²) >= 11 is 0.607. The van der Waals surface area contributed by atoms with Crippen LogP contribution in [-0.2, 0) is 123 Å². The van der Waals surface area contributed by atoms with Crippen LogP contribution in [0.5, 0.6) is 11.5 Å². The Bertz CT molecular complexity index is 5270. The highest BCUT2D eigenvalue weighted by Gasteiger charge is 2.48. The number of fused-ring (bicyclic) bond motifs is 3. The summed E-state index contributed by atoms with van der Waals surface area (Å²) < 4.78 is 55.8. The number of primary amides is 1. The van der Waals surface area contributed by atoms with Crippen LogP contribution in [0.4, 0.5) is 13.2 Å². The molecular formula is C93H117F3N16O23S. The molecule has 9 rings (SSSR count). The van der Waals surface area contributed by atoms with E-state index < -0.39 is 278 Å². The molecule has 0 unspecified atom stereocenters. The van der Waals surface area contributed by atoms with Gasteiger partial charge < -0.3 is 113 Å². The molecule has 0 spiro atoms. The number of thioether (sulfide) groups is 1. The molecule has 5 aromatic carbocycles. The van der Waals surface area contributed by atoms with Crippen LogP contribution in [0.1, 0.15) is 107 Å². The van der Waals surface area contributed by atoms with Crippen molar-refractivity contribution < 1.29 is 125 Å². The van der Waals surface area contributed by atoms with Crippen molar-refractivity contribution in [3.8, 4) is 11.5 Å². The number of H-pyrrole nitrogens is 1. The van der Waals surface area contributed by atoms with E-state index in [0.29, 0.717) is 68.4 Å². The van der Waals surface area contributed by atoms with E-state index in [1.54, 1.807) is 81.6 Å². The van der Waals surface area contributed by atoms with Gasteiger partial charge in [0.15, 0.2) is 17.5 Å². The van der Waals surface area contributed by atoms with E-state index in [1.807, 2.05) is 0 Å². The number of aliphatic hydroxyl groups is 1. The quantitative estimate of drug-likeness (QED) is 0.0271. The number of carbonyl (C=O) groups is 17. The van der Waals surface area contributed by atoms with Gasteiger partial charge in [-0.3, -0.25) is 81.5 Å². The number of rotatable bonds is 25. The van der Waals surface area contributed by atoms with Crippen molar-refractivity contribution in [1.82, 2.24) is 77.3 Å². The number of ether oxygens (including phenoxy) is 2. The highest BCUT2D eigenvalue weighted by atomic mass is 32.2. The number of hydrogen-bond donors (Lipinski definition) is 15. The first-order valence-electron chi connectivity index (χ1n) is 44.4. The number of phenolic OH excluding ortho intramolecular Hbond substituents is 2.